The number of rotatable bonds is 2. The van der Waals surface area contributed by atoms with Gasteiger partial charge >= 0.3 is 0 Å². The van der Waals surface area contributed by atoms with Gasteiger partial charge < -0.3 is 0 Å². The largest absolute Gasteiger partial charge is 0.296 e. The van der Waals surface area contributed by atoms with E-state index in [-0.39, 0.29) is 0 Å². The monoisotopic (exact) mass is 223 g/mol. The number of aldehydes is 1. The molecule has 2 heterocycles. The zero-order valence-corrected chi connectivity index (χ0v) is 8.95. The highest BCUT2D eigenvalue weighted by Crippen LogP contribution is 2.18. The summed E-state index contributed by atoms with van der Waals surface area (Å²) >= 11 is 0. The van der Waals surface area contributed by atoms with Crippen molar-refractivity contribution >= 4 is 12.1 Å². The normalized spacial score (nSPS) is 10.6. The summed E-state index contributed by atoms with van der Waals surface area (Å²) in [7, 11) is 0. The van der Waals surface area contributed by atoms with Crippen molar-refractivity contribution in [2.75, 3.05) is 0 Å². The molecule has 0 spiro atoms. The Morgan fingerprint density at radius 2 is 1.76 bits per heavy atom. The highest BCUT2D eigenvalue weighted by molar-refractivity contribution is 5.74. The highest BCUT2D eigenvalue weighted by atomic mass is 16.1. The van der Waals surface area contributed by atoms with Crippen LogP contribution in [0.3, 0.4) is 0 Å². The zero-order valence-electron chi connectivity index (χ0n) is 8.95. The second-order valence-corrected chi connectivity index (χ2v) is 3.68. The van der Waals surface area contributed by atoms with Crippen LogP contribution in [0.4, 0.5) is 0 Å². The fourth-order valence-electron chi connectivity index (χ4n) is 1.76. The van der Waals surface area contributed by atoms with Gasteiger partial charge in [-0.05, 0) is 5.56 Å². The van der Waals surface area contributed by atoms with Gasteiger partial charge in [-0.1, -0.05) is 30.3 Å². The minimum Gasteiger partial charge on any atom is -0.296 e. The fourth-order valence-corrected chi connectivity index (χ4v) is 1.76. The minimum absolute atomic E-state index is 0.505. The van der Waals surface area contributed by atoms with E-state index in [2.05, 4.69) is 9.97 Å². The predicted octanol–water partition coefficient (Wildman–Crippen LogP) is 2.21. The first kappa shape index (κ1) is 9.72. The van der Waals surface area contributed by atoms with Crippen molar-refractivity contribution in [3.05, 3.63) is 54.6 Å². The van der Waals surface area contributed by atoms with Gasteiger partial charge in [0.05, 0.1) is 6.20 Å². The maximum atomic E-state index is 10.8. The first-order chi connectivity index (χ1) is 8.38. The van der Waals surface area contributed by atoms with E-state index in [0.717, 1.165) is 17.4 Å². The van der Waals surface area contributed by atoms with Crippen molar-refractivity contribution in [1.82, 2.24) is 14.4 Å². The lowest BCUT2D eigenvalue weighted by molar-refractivity contribution is 0.111. The van der Waals surface area contributed by atoms with Gasteiger partial charge in [-0.25, -0.2) is 9.97 Å². The quantitative estimate of drug-likeness (QED) is 0.626. The number of hydrogen-bond donors (Lipinski definition) is 0. The molecule has 0 aliphatic carbocycles. The summed E-state index contributed by atoms with van der Waals surface area (Å²) in [4.78, 5) is 19.1. The molecule has 0 bridgehead atoms. The van der Waals surface area contributed by atoms with Crippen LogP contribution in [0.25, 0.3) is 16.9 Å². The summed E-state index contributed by atoms with van der Waals surface area (Å²) in [6, 6.07) is 9.90. The standard InChI is InChI=1S/C13H9N3O/c17-9-12-7-15-13-14-6-11(8-16(12)13)10-4-2-1-3-5-10/h1-9H. The molecule has 0 aliphatic heterocycles. The molecule has 0 N–H and O–H groups in total. The molecule has 0 radical (unpaired) electrons. The second-order valence-electron chi connectivity index (χ2n) is 3.68. The Hall–Kier alpha value is -2.49. The van der Waals surface area contributed by atoms with Crippen LogP contribution < -0.4 is 0 Å². The Morgan fingerprint density at radius 1 is 1.00 bits per heavy atom. The average Bonchev–Trinajstić information content (AvgIpc) is 2.81. The molecule has 0 saturated carbocycles. The molecule has 4 nitrogen and oxygen atoms in total. The van der Waals surface area contributed by atoms with Crippen molar-refractivity contribution in [3.8, 4) is 11.1 Å². The first-order valence-electron chi connectivity index (χ1n) is 5.22. The number of carbonyl (C=O) groups excluding carboxylic acids is 1. The molecule has 3 rings (SSSR count). The molecule has 3 aromatic rings. The lowest BCUT2D eigenvalue weighted by Gasteiger charge is -2.02. The summed E-state index contributed by atoms with van der Waals surface area (Å²) in [6.07, 6.45) is 5.92. The smallest absolute Gasteiger partial charge is 0.234 e. The number of aromatic nitrogens is 3. The summed E-state index contributed by atoms with van der Waals surface area (Å²) in [5.41, 5.74) is 2.52. The molecule has 0 amide bonds. The summed E-state index contributed by atoms with van der Waals surface area (Å²) in [6.45, 7) is 0. The van der Waals surface area contributed by atoms with Gasteiger partial charge in [0.2, 0.25) is 5.78 Å². The van der Waals surface area contributed by atoms with E-state index >= 15 is 0 Å². The molecule has 0 fully saturated rings. The molecule has 0 atom stereocenters. The van der Waals surface area contributed by atoms with Crippen LogP contribution in [-0.2, 0) is 0 Å². The van der Waals surface area contributed by atoms with Gasteiger partial charge in [-0.2, -0.15) is 0 Å². The minimum atomic E-state index is 0.505. The van der Waals surface area contributed by atoms with Crippen molar-refractivity contribution in [3.63, 3.8) is 0 Å². The lowest BCUT2D eigenvalue weighted by Crippen LogP contribution is -1.94. The molecule has 2 aromatic heterocycles. The fraction of sp³-hybridized carbons (Fsp3) is 0. The van der Waals surface area contributed by atoms with E-state index in [1.165, 1.54) is 6.20 Å². The number of hydrogen-bond acceptors (Lipinski definition) is 3. The molecule has 4 heteroatoms. The number of carbonyl (C=O) groups is 1. The van der Waals surface area contributed by atoms with Crippen LogP contribution in [0.2, 0.25) is 0 Å². The Bertz CT molecular complexity index is 673. The van der Waals surface area contributed by atoms with Crippen molar-refractivity contribution < 1.29 is 4.79 Å². The van der Waals surface area contributed by atoms with Crippen LogP contribution >= 0.6 is 0 Å². The molecular formula is C13H9N3O. The van der Waals surface area contributed by atoms with Gasteiger partial charge in [-0.3, -0.25) is 9.20 Å². The molecule has 0 unspecified atom stereocenters. The lowest BCUT2D eigenvalue weighted by atomic mass is 10.1. The molecule has 0 aliphatic rings. The Balaban J connectivity index is 2.22. The zero-order chi connectivity index (χ0) is 11.7. The maximum absolute atomic E-state index is 10.8. The third-order valence-corrected chi connectivity index (χ3v) is 2.62. The molecular weight excluding hydrogens is 214 g/mol. The summed E-state index contributed by atoms with van der Waals surface area (Å²) in [5, 5.41) is 0. The van der Waals surface area contributed by atoms with Crippen molar-refractivity contribution in [2.45, 2.75) is 0 Å². The second kappa shape index (κ2) is 3.83. The van der Waals surface area contributed by atoms with Crippen LogP contribution in [0.1, 0.15) is 10.5 Å². The Morgan fingerprint density at radius 3 is 2.53 bits per heavy atom. The third kappa shape index (κ3) is 1.59. The molecule has 82 valence electrons. The predicted molar refractivity (Wildman–Crippen MR) is 63.8 cm³/mol. The summed E-state index contributed by atoms with van der Waals surface area (Å²) in [5.74, 6) is 0.534. The first-order valence-corrected chi connectivity index (χ1v) is 5.22. The van der Waals surface area contributed by atoms with Gasteiger partial charge in [0.15, 0.2) is 6.29 Å². The van der Waals surface area contributed by atoms with Crippen LogP contribution in [-0.4, -0.2) is 20.7 Å². The maximum Gasteiger partial charge on any atom is 0.234 e. The van der Waals surface area contributed by atoms with E-state index in [0.29, 0.717) is 11.5 Å². The van der Waals surface area contributed by atoms with Crippen LogP contribution in [0.5, 0.6) is 0 Å². The van der Waals surface area contributed by atoms with Gasteiger partial charge in [0, 0.05) is 18.0 Å². The van der Waals surface area contributed by atoms with Gasteiger partial charge in [0.1, 0.15) is 5.69 Å². The average molecular weight is 223 g/mol. The third-order valence-electron chi connectivity index (χ3n) is 2.62. The Kier molecular flexibility index (Phi) is 2.19. The van der Waals surface area contributed by atoms with Crippen LogP contribution in [0.15, 0.2) is 48.9 Å². The number of imidazole rings is 1. The van der Waals surface area contributed by atoms with E-state index in [4.69, 9.17) is 0 Å². The van der Waals surface area contributed by atoms with E-state index < -0.39 is 0 Å². The van der Waals surface area contributed by atoms with Crippen molar-refractivity contribution in [1.29, 1.82) is 0 Å². The topological polar surface area (TPSA) is 47.3 Å². The van der Waals surface area contributed by atoms with E-state index in [9.17, 15) is 4.79 Å². The molecule has 17 heavy (non-hydrogen) atoms. The van der Waals surface area contributed by atoms with Gasteiger partial charge in [0.25, 0.3) is 0 Å². The molecule has 0 saturated heterocycles. The summed E-state index contributed by atoms with van der Waals surface area (Å²) < 4.78 is 1.69. The molecule has 1 aromatic carbocycles. The van der Waals surface area contributed by atoms with Crippen LogP contribution in [0, 0.1) is 0 Å². The van der Waals surface area contributed by atoms with E-state index in [1.807, 2.05) is 36.5 Å². The van der Waals surface area contributed by atoms with Gasteiger partial charge in [-0.15, -0.1) is 0 Å². The SMILES string of the molecule is O=Cc1cnc2ncc(-c3ccccc3)cn12. The highest BCUT2D eigenvalue weighted by Gasteiger charge is 2.05. The number of nitrogens with zero attached hydrogens (tertiary/aromatic N) is 3. The Labute approximate surface area is 97.6 Å². The number of benzene rings is 1. The number of fused-ring (bicyclic) bond motifs is 1. The van der Waals surface area contributed by atoms with Crippen molar-refractivity contribution in [2.24, 2.45) is 0 Å². The van der Waals surface area contributed by atoms with E-state index in [1.54, 1.807) is 10.6 Å².